The zero-order chi connectivity index (χ0) is 20.6. The van der Waals surface area contributed by atoms with E-state index in [4.69, 9.17) is 4.74 Å². The third kappa shape index (κ3) is 5.31. The number of anilines is 1. The molecule has 0 radical (unpaired) electrons. The zero-order valence-corrected chi connectivity index (χ0v) is 17.1. The van der Waals surface area contributed by atoms with E-state index in [1.54, 1.807) is 20.1 Å². The molecule has 0 atom stereocenters. The fraction of sp³-hybridized carbons (Fsp3) is 0.261. The minimum Gasteiger partial charge on any atom is -0.496 e. The monoisotopic (exact) mass is 390 g/mol. The third-order valence-corrected chi connectivity index (χ3v) is 4.61. The molecule has 0 aliphatic carbocycles. The topological polar surface area (TPSA) is 67.4 Å². The van der Waals surface area contributed by atoms with E-state index >= 15 is 0 Å². The molecule has 29 heavy (non-hydrogen) atoms. The van der Waals surface area contributed by atoms with E-state index < -0.39 is 0 Å². The molecule has 0 saturated carbocycles. The van der Waals surface area contributed by atoms with Crippen molar-refractivity contribution in [2.45, 2.75) is 26.9 Å². The van der Waals surface area contributed by atoms with Crippen molar-refractivity contribution in [3.63, 3.8) is 0 Å². The average Bonchev–Trinajstić information content (AvgIpc) is 2.76. The lowest BCUT2D eigenvalue weighted by Crippen LogP contribution is -2.27. The number of para-hydroxylation sites is 1. The minimum atomic E-state index is -0.238. The van der Waals surface area contributed by atoms with E-state index in [0.717, 1.165) is 30.2 Å². The SMILES string of the molecule is CCN(Cc1ccccc1)c1cc(C(=O)NCc2ccccc2OC)nc(C)n1. The van der Waals surface area contributed by atoms with Gasteiger partial charge in [0.2, 0.25) is 0 Å². The van der Waals surface area contributed by atoms with Crippen molar-refractivity contribution in [1.29, 1.82) is 0 Å². The molecular formula is C23H26N4O2. The number of rotatable bonds is 8. The molecule has 0 bridgehead atoms. The van der Waals surface area contributed by atoms with Crippen molar-refractivity contribution in [1.82, 2.24) is 15.3 Å². The smallest absolute Gasteiger partial charge is 0.270 e. The molecule has 6 heteroatoms. The van der Waals surface area contributed by atoms with Gasteiger partial charge in [-0.15, -0.1) is 0 Å². The van der Waals surface area contributed by atoms with Crippen LogP contribution in [0.25, 0.3) is 0 Å². The Bertz CT molecular complexity index is 960. The second kappa shape index (κ2) is 9.68. The second-order valence-electron chi connectivity index (χ2n) is 6.65. The molecule has 0 aliphatic rings. The van der Waals surface area contributed by atoms with Crippen LogP contribution in [0.15, 0.2) is 60.7 Å². The second-order valence-corrected chi connectivity index (χ2v) is 6.65. The van der Waals surface area contributed by atoms with Gasteiger partial charge in [0.1, 0.15) is 23.1 Å². The van der Waals surface area contributed by atoms with E-state index in [1.165, 1.54) is 5.56 Å². The molecule has 1 amide bonds. The number of benzene rings is 2. The summed E-state index contributed by atoms with van der Waals surface area (Å²) in [6, 6.07) is 19.6. The first-order chi connectivity index (χ1) is 14.1. The normalized spacial score (nSPS) is 10.4. The molecule has 150 valence electrons. The molecule has 0 saturated heterocycles. The van der Waals surface area contributed by atoms with E-state index in [9.17, 15) is 4.79 Å². The number of hydrogen-bond donors (Lipinski definition) is 1. The summed E-state index contributed by atoms with van der Waals surface area (Å²) in [6.07, 6.45) is 0. The summed E-state index contributed by atoms with van der Waals surface area (Å²) in [5, 5.41) is 2.92. The highest BCUT2D eigenvalue weighted by Gasteiger charge is 2.15. The van der Waals surface area contributed by atoms with Crippen molar-refractivity contribution in [3.8, 4) is 5.75 Å². The van der Waals surface area contributed by atoms with Gasteiger partial charge in [-0.1, -0.05) is 48.5 Å². The van der Waals surface area contributed by atoms with Crippen LogP contribution < -0.4 is 15.0 Å². The lowest BCUT2D eigenvalue weighted by Gasteiger charge is -2.22. The first-order valence-corrected chi connectivity index (χ1v) is 9.65. The van der Waals surface area contributed by atoms with Gasteiger partial charge < -0.3 is 15.0 Å². The largest absolute Gasteiger partial charge is 0.496 e. The summed E-state index contributed by atoms with van der Waals surface area (Å²) >= 11 is 0. The lowest BCUT2D eigenvalue weighted by atomic mass is 10.2. The van der Waals surface area contributed by atoms with Crippen molar-refractivity contribution < 1.29 is 9.53 Å². The fourth-order valence-electron chi connectivity index (χ4n) is 3.10. The number of aromatic nitrogens is 2. The average molecular weight is 390 g/mol. The van der Waals surface area contributed by atoms with Crippen molar-refractivity contribution in [2.24, 2.45) is 0 Å². The Hall–Kier alpha value is -3.41. The highest BCUT2D eigenvalue weighted by Crippen LogP contribution is 2.18. The van der Waals surface area contributed by atoms with Gasteiger partial charge in [0, 0.05) is 31.3 Å². The fourth-order valence-corrected chi connectivity index (χ4v) is 3.10. The van der Waals surface area contributed by atoms with E-state index in [1.807, 2.05) is 42.5 Å². The van der Waals surface area contributed by atoms with Crippen LogP contribution in [0, 0.1) is 6.92 Å². The predicted octanol–water partition coefficient (Wildman–Crippen LogP) is 3.75. The van der Waals surface area contributed by atoms with Crippen LogP contribution in [-0.4, -0.2) is 29.5 Å². The molecule has 0 unspecified atom stereocenters. The molecule has 1 heterocycles. The number of aryl methyl sites for hydroxylation is 1. The molecule has 1 N–H and O–H groups in total. The molecule has 0 aliphatic heterocycles. The molecule has 3 rings (SSSR count). The summed E-state index contributed by atoms with van der Waals surface area (Å²) in [6.45, 7) is 5.73. The summed E-state index contributed by atoms with van der Waals surface area (Å²) in [5.41, 5.74) is 2.45. The molecule has 1 aromatic heterocycles. The van der Waals surface area contributed by atoms with Crippen LogP contribution in [0.4, 0.5) is 5.82 Å². The van der Waals surface area contributed by atoms with Crippen LogP contribution in [0.5, 0.6) is 5.75 Å². The summed E-state index contributed by atoms with van der Waals surface area (Å²) in [7, 11) is 1.62. The number of ether oxygens (including phenoxy) is 1. The van der Waals surface area contributed by atoms with Gasteiger partial charge >= 0.3 is 0 Å². The number of hydrogen-bond acceptors (Lipinski definition) is 5. The van der Waals surface area contributed by atoms with Gasteiger partial charge in [0.05, 0.1) is 7.11 Å². The Balaban J connectivity index is 1.76. The molecule has 0 fully saturated rings. The van der Waals surface area contributed by atoms with Crippen molar-refractivity contribution >= 4 is 11.7 Å². The standard InChI is InChI=1S/C23H26N4O2/c1-4-27(16-18-10-6-5-7-11-18)22-14-20(25-17(2)26-22)23(28)24-15-19-12-8-9-13-21(19)29-3/h5-14H,4,15-16H2,1-3H3,(H,24,28). The van der Waals surface area contributed by atoms with Crippen molar-refractivity contribution in [2.75, 3.05) is 18.6 Å². The molecular weight excluding hydrogens is 364 g/mol. The Morgan fingerprint density at radius 2 is 1.79 bits per heavy atom. The van der Waals surface area contributed by atoms with Gasteiger partial charge in [-0.2, -0.15) is 0 Å². The van der Waals surface area contributed by atoms with Gasteiger partial charge in [0.25, 0.3) is 5.91 Å². The first-order valence-electron chi connectivity index (χ1n) is 9.65. The van der Waals surface area contributed by atoms with Gasteiger partial charge in [0.15, 0.2) is 0 Å². The highest BCUT2D eigenvalue weighted by atomic mass is 16.5. The molecule has 0 spiro atoms. The molecule has 3 aromatic rings. The third-order valence-electron chi connectivity index (χ3n) is 4.61. The number of amides is 1. The van der Waals surface area contributed by atoms with Crippen molar-refractivity contribution in [3.05, 3.63) is 83.3 Å². The molecule has 6 nitrogen and oxygen atoms in total. The number of nitrogens with one attached hydrogen (secondary N) is 1. The molecule has 2 aromatic carbocycles. The van der Waals surface area contributed by atoms with Crippen LogP contribution >= 0.6 is 0 Å². The highest BCUT2D eigenvalue weighted by molar-refractivity contribution is 5.93. The Morgan fingerprint density at radius 3 is 2.52 bits per heavy atom. The lowest BCUT2D eigenvalue weighted by molar-refractivity contribution is 0.0945. The Labute approximate surface area is 171 Å². The Kier molecular flexibility index (Phi) is 6.79. The minimum absolute atomic E-state index is 0.238. The maximum atomic E-state index is 12.7. The van der Waals surface area contributed by atoms with Gasteiger partial charge in [-0.25, -0.2) is 9.97 Å². The number of carbonyl (C=O) groups is 1. The maximum Gasteiger partial charge on any atom is 0.270 e. The number of carbonyl (C=O) groups excluding carboxylic acids is 1. The van der Waals surface area contributed by atoms with E-state index in [2.05, 4.69) is 39.2 Å². The summed E-state index contributed by atoms with van der Waals surface area (Å²) < 4.78 is 5.34. The maximum absolute atomic E-state index is 12.7. The van der Waals surface area contributed by atoms with Gasteiger partial charge in [-0.3, -0.25) is 4.79 Å². The van der Waals surface area contributed by atoms with E-state index in [0.29, 0.717) is 18.1 Å². The van der Waals surface area contributed by atoms with Gasteiger partial charge in [-0.05, 0) is 25.5 Å². The summed E-state index contributed by atoms with van der Waals surface area (Å²) in [5.74, 6) is 1.81. The zero-order valence-electron chi connectivity index (χ0n) is 17.1. The van der Waals surface area contributed by atoms with E-state index in [-0.39, 0.29) is 5.91 Å². The predicted molar refractivity (Wildman–Crippen MR) is 114 cm³/mol. The number of methoxy groups -OCH3 is 1. The summed E-state index contributed by atoms with van der Waals surface area (Å²) in [4.78, 5) is 23.7. The van der Waals surface area contributed by atoms with Crippen LogP contribution in [0.1, 0.15) is 34.4 Å². The van der Waals surface area contributed by atoms with Crippen LogP contribution in [-0.2, 0) is 13.1 Å². The first kappa shape index (κ1) is 20.3. The van der Waals surface area contributed by atoms with Crippen LogP contribution in [0.3, 0.4) is 0 Å². The Morgan fingerprint density at radius 1 is 1.07 bits per heavy atom. The quantitative estimate of drug-likeness (QED) is 0.634. The van der Waals surface area contributed by atoms with Crippen LogP contribution in [0.2, 0.25) is 0 Å². The number of nitrogens with zero attached hydrogens (tertiary/aromatic N) is 3.